The Balaban J connectivity index is 1.38. The van der Waals surface area contributed by atoms with Gasteiger partial charge in [0.1, 0.15) is 5.69 Å². The van der Waals surface area contributed by atoms with Crippen molar-refractivity contribution in [3.63, 3.8) is 0 Å². The molecule has 2 saturated heterocycles. The molecule has 2 aromatic rings. The Morgan fingerprint density at radius 2 is 1.92 bits per heavy atom. The molecule has 26 heavy (non-hydrogen) atoms. The molecule has 0 amide bonds. The lowest BCUT2D eigenvalue weighted by molar-refractivity contribution is -0.0821. The largest absolute Gasteiger partial charge is 0.388 e. The minimum Gasteiger partial charge on any atom is -0.388 e. The summed E-state index contributed by atoms with van der Waals surface area (Å²) in [6.07, 6.45) is 10.9. The molecule has 4 rings (SSSR count). The van der Waals surface area contributed by atoms with Crippen LogP contribution >= 0.6 is 0 Å². The second-order valence-corrected chi connectivity index (χ2v) is 7.61. The van der Waals surface area contributed by atoms with Crippen molar-refractivity contribution in [3.8, 4) is 11.4 Å². The van der Waals surface area contributed by atoms with Crippen LogP contribution in [0.25, 0.3) is 11.4 Å². The van der Waals surface area contributed by atoms with E-state index >= 15 is 0 Å². The zero-order valence-electron chi connectivity index (χ0n) is 15.3. The molecule has 2 aliphatic heterocycles. The van der Waals surface area contributed by atoms with Crippen LogP contribution in [-0.4, -0.2) is 68.0 Å². The summed E-state index contributed by atoms with van der Waals surface area (Å²) in [6.45, 7) is 4.08. The molecule has 140 valence electrons. The van der Waals surface area contributed by atoms with Gasteiger partial charge in [-0.2, -0.15) is 0 Å². The third-order valence-corrected chi connectivity index (χ3v) is 5.68. The van der Waals surface area contributed by atoms with Gasteiger partial charge >= 0.3 is 0 Å². The predicted molar refractivity (Wildman–Crippen MR) is 97.7 cm³/mol. The molecule has 1 N–H and O–H groups in total. The molecule has 0 spiro atoms. The van der Waals surface area contributed by atoms with Crippen molar-refractivity contribution in [2.45, 2.75) is 37.2 Å². The van der Waals surface area contributed by atoms with Gasteiger partial charge in [0, 0.05) is 51.8 Å². The molecule has 0 aromatic carbocycles. The van der Waals surface area contributed by atoms with E-state index in [1.54, 1.807) is 12.5 Å². The van der Waals surface area contributed by atoms with Gasteiger partial charge in [-0.3, -0.25) is 4.98 Å². The summed E-state index contributed by atoms with van der Waals surface area (Å²) in [7, 11) is 1.97. The molecular formula is C19H27N5O2. The van der Waals surface area contributed by atoms with E-state index in [4.69, 9.17) is 9.72 Å². The SMILES string of the molecule is Cn1cncc1-c1cncc(C2CCN(CC3(O)CCOCC3)CC2)n1. The normalized spacial score (nSPS) is 21.8. The van der Waals surface area contributed by atoms with Crippen LogP contribution in [0.5, 0.6) is 0 Å². The second-order valence-electron chi connectivity index (χ2n) is 7.61. The van der Waals surface area contributed by atoms with Crippen LogP contribution in [0, 0.1) is 0 Å². The lowest BCUT2D eigenvalue weighted by atomic mass is 9.90. The standard InChI is InChI=1S/C19H27N5O2/c1-23-14-21-12-18(23)17-11-20-10-16(22-17)15-2-6-24(7-3-15)13-19(25)4-8-26-9-5-19/h10-12,14-15,25H,2-9,13H2,1H3. The van der Waals surface area contributed by atoms with Crippen molar-refractivity contribution in [2.75, 3.05) is 32.8 Å². The number of hydrogen-bond donors (Lipinski definition) is 1. The monoisotopic (exact) mass is 357 g/mol. The molecule has 7 nitrogen and oxygen atoms in total. The van der Waals surface area contributed by atoms with Gasteiger partial charge in [0.25, 0.3) is 0 Å². The Labute approximate surface area is 154 Å². The molecule has 2 aromatic heterocycles. The lowest BCUT2D eigenvalue weighted by Crippen LogP contribution is -2.48. The topological polar surface area (TPSA) is 76.3 Å². The molecule has 2 fully saturated rings. The summed E-state index contributed by atoms with van der Waals surface area (Å²) < 4.78 is 7.34. The molecule has 0 unspecified atom stereocenters. The molecule has 7 heteroatoms. The third kappa shape index (κ3) is 3.79. The molecule has 0 atom stereocenters. The first kappa shape index (κ1) is 17.6. The maximum absolute atomic E-state index is 10.7. The lowest BCUT2D eigenvalue weighted by Gasteiger charge is -2.39. The fourth-order valence-corrected chi connectivity index (χ4v) is 4.02. The van der Waals surface area contributed by atoms with Gasteiger partial charge in [0.2, 0.25) is 0 Å². The van der Waals surface area contributed by atoms with Gasteiger partial charge in [-0.15, -0.1) is 0 Å². The molecule has 2 aliphatic rings. The summed E-state index contributed by atoms with van der Waals surface area (Å²) in [5.74, 6) is 0.427. The fraction of sp³-hybridized carbons (Fsp3) is 0.632. The van der Waals surface area contributed by atoms with Crippen LogP contribution < -0.4 is 0 Å². The molecule has 0 radical (unpaired) electrons. The highest BCUT2D eigenvalue weighted by Gasteiger charge is 2.33. The third-order valence-electron chi connectivity index (χ3n) is 5.68. The average Bonchev–Trinajstić information content (AvgIpc) is 3.09. The number of likely N-dealkylation sites (tertiary alicyclic amines) is 1. The number of hydrogen-bond acceptors (Lipinski definition) is 6. The van der Waals surface area contributed by atoms with Crippen molar-refractivity contribution in [3.05, 3.63) is 30.6 Å². The summed E-state index contributed by atoms with van der Waals surface area (Å²) >= 11 is 0. The van der Waals surface area contributed by atoms with Crippen LogP contribution in [0.3, 0.4) is 0 Å². The number of rotatable bonds is 4. The Bertz CT molecular complexity index is 733. The Morgan fingerprint density at radius 3 is 2.62 bits per heavy atom. The zero-order valence-corrected chi connectivity index (χ0v) is 15.3. The van der Waals surface area contributed by atoms with Crippen LogP contribution in [0.1, 0.15) is 37.3 Å². The number of aliphatic hydroxyl groups is 1. The Kier molecular flexibility index (Phi) is 5.02. The minimum atomic E-state index is -0.579. The number of β-amino-alcohol motifs (C(OH)–C–C–N with tert-alkyl or cyclic N) is 1. The van der Waals surface area contributed by atoms with Crippen LogP contribution in [-0.2, 0) is 11.8 Å². The predicted octanol–water partition coefficient (Wildman–Crippen LogP) is 1.60. The molecule has 0 aliphatic carbocycles. The van der Waals surface area contributed by atoms with E-state index < -0.39 is 5.60 Å². The van der Waals surface area contributed by atoms with E-state index in [0.29, 0.717) is 19.1 Å². The van der Waals surface area contributed by atoms with E-state index in [-0.39, 0.29) is 0 Å². The highest BCUT2D eigenvalue weighted by molar-refractivity contribution is 5.52. The van der Waals surface area contributed by atoms with Crippen molar-refractivity contribution in [1.29, 1.82) is 0 Å². The first-order valence-electron chi connectivity index (χ1n) is 9.44. The first-order chi connectivity index (χ1) is 12.6. The van der Waals surface area contributed by atoms with Crippen molar-refractivity contribution < 1.29 is 9.84 Å². The summed E-state index contributed by atoms with van der Waals surface area (Å²) in [6, 6.07) is 0. The number of ether oxygens (including phenoxy) is 1. The zero-order chi connectivity index (χ0) is 18.0. The number of nitrogens with zero attached hydrogens (tertiary/aromatic N) is 5. The van der Waals surface area contributed by atoms with E-state index in [2.05, 4.69) is 14.9 Å². The number of aromatic nitrogens is 4. The summed E-state index contributed by atoms with van der Waals surface area (Å²) in [5, 5.41) is 10.7. The van der Waals surface area contributed by atoms with Gasteiger partial charge in [-0.25, -0.2) is 9.97 Å². The first-order valence-corrected chi connectivity index (χ1v) is 9.44. The maximum atomic E-state index is 10.7. The smallest absolute Gasteiger partial charge is 0.107 e. The van der Waals surface area contributed by atoms with Gasteiger partial charge in [0.15, 0.2) is 0 Å². The Morgan fingerprint density at radius 1 is 1.15 bits per heavy atom. The molecule has 0 bridgehead atoms. The summed E-state index contributed by atoms with van der Waals surface area (Å²) in [4.78, 5) is 15.8. The number of piperidine rings is 1. The van der Waals surface area contributed by atoms with Crippen molar-refractivity contribution in [2.24, 2.45) is 7.05 Å². The van der Waals surface area contributed by atoms with Crippen molar-refractivity contribution in [1.82, 2.24) is 24.4 Å². The highest BCUT2D eigenvalue weighted by atomic mass is 16.5. The van der Waals surface area contributed by atoms with Crippen LogP contribution in [0.15, 0.2) is 24.9 Å². The van der Waals surface area contributed by atoms with E-state index in [0.717, 1.165) is 62.4 Å². The van der Waals surface area contributed by atoms with E-state index in [1.165, 1.54) is 0 Å². The number of imidazole rings is 1. The van der Waals surface area contributed by atoms with Gasteiger partial charge in [0.05, 0.1) is 35.7 Å². The van der Waals surface area contributed by atoms with Gasteiger partial charge in [-0.05, 0) is 25.9 Å². The van der Waals surface area contributed by atoms with Crippen molar-refractivity contribution >= 4 is 0 Å². The van der Waals surface area contributed by atoms with E-state index in [9.17, 15) is 5.11 Å². The molecule has 4 heterocycles. The quantitative estimate of drug-likeness (QED) is 0.896. The maximum Gasteiger partial charge on any atom is 0.107 e. The van der Waals surface area contributed by atoms with E-state index in [1.807, 2.05) is 24.0 Å². The van der Waals surface area contributed by atoms with Crippen LogP contribution in [0.2, 0.25) is 0 Å². The molecule has 0 saturated carbocycles. The van der Waals surface area contributed by atoms with Gasteiger partial charge in [-0.1, -0.05) is 0 Å². The fourth-order valence-electron chi connectivity index (χ4n) is 4.02. The Hall–Kier alpha value is -1.83. The average molecular weight is 357 g/mol. The summed E-state index contributed by atoms with van der Waals surface area (Å²) in [5.41, 5.74) is 2.35. The van der Waals surface area contributed by atoms with Gasteiger partial charge < -0.3 is 19.3 Å². The minimum absolute atomic E-state index is 0.427. The number of aryl methyl sites for hydroxylation is 1. The van der Waals surface area contributed by atoms with Crippen LogP contribution in [0.4, 0.5) is 0 Å². The highest BCUT2D eigenvalue weighted by Crippen LogP contribution is 2.30. The molecular weight excluding hydrogens is 330 g/mol. The second kappa shape index (κ2) is 7.42.